The highest BCUT2D eigenvalue weighted by molar-refractivity contribution is 8.12. The minimum Gasteiger partial charge on any atom is -0.456 e. The van der Waals surface area contributed by atoms with Crippen LogP contribution in [-0.4, -0.2) is 20.9 Å². The molecule has 0 N–H and O–H groups in total. The molecule has 2 aromatic rings. The van der Waals surface area contributed by atoms with Crippen LogP contribution in [-0.2, 0) is 28.9 Å². The zero-order chi connectivity index (χ0) is 16.1. The molecule has 7 heteroatoms. The maximum atomic E-state index is 11.9. The summed E-state index contributed by atoms with van der Waals surface area (Å²) in [6, 6.07) is 8.73. The molecule has 0 aliphatic carbocycles. The molecule has 0 aliphatic rings. The number of carbonyl (C=O) groups is 2. The third-order valence-electron chi connectivity index (χ3n) is 2.93. The quantitative estimate of drug-likeness (QED) is 0.783. The summed E-state index contributed by atoms with van der Waals surface area (Å²) < 4.78 is 6.82. The van der Waals surface area contributed by atoms with E-state index in [9.17, 15) is 9.59 Å². The number of halogens is 1. The molecule has 1 aromatic carbocycles. The molecule has 0 amide bonds. The molecule has 1 heterocycles. The van der Waals surface area contributed by atoms with Crippen LogP contribution >= 0.6 is 23.4 Å². The van der Waals surface area contributed by atoms with Crippen LogP contribution in [0.2, 0.25) is 5.02 Å². The number of carbonyl (C=O) groups excluding carboxylic acids is 2. The lowest BCUT2D eigenvalue weighted by molar-refractivity contribution is -0.109. The van der Waals surface area contributed by atoms with Gasteiger partial charge >= 0.3 is 5.97 Å². The summed E-state index contributed by atoms with van der Waals surface area (Å²) in [5.74, 6) is -0.0215. The summed E-state index contributed by atoms with van der Waals surface area (Å²) >= 11 is 7.38. The van der Waals surface area contributed by atoms with Crippen LogP contribution in [0, 0.1) is 0 Å². The second-order valence-electron chi connectivity index (χ2n) is 4.55. The predicted molar refractivity (Wildman–Crippen MR) is 85.8 cm³/mol. The van der Waals surface area contributed by atoms with Gasteiger partial charge in [-0.2, -0.15) is 5.10 Å². The van der Waals surface area contributed by atoms with Crippen molar-refractivity contribution in [1.29, 1.82) is 0 Å². The summed E-state index contributed by atoms with van der Waals surface area (Å²) in [5, 5.41) is 4.68. The van der Waals surface area contributed by atoms with Gasteiger partial charge in [-0.3, -0.25) is 9.48 Å². The molecule has 5 nitrogen and oxygen atoms in total. The minimum atomic E-state index is -0.419. The molecule has 0 unspecified atom stereocenters. The second kappa shape index (κ2) is 7.47. The first-order valence-corrected chi connectivity index (χ1v) is 7.91. The minimum absolute atomic E-state index is 0.00113. The largest absolute Gasteiger partial charge is 0.456 e. The third kappa shape index (κ3) is 4.11. The van der Waals surface area contributed by atoms with Crippen LogP contribution in [0.5, 0.6) is 0 Å². The van der Waals surface area contributed by atoms with Gasteiger partial charge in [-0.05, 0) is 12.1 Å². The van der Waals surface area contributed by atoms with E-state index in [2.05, 4.69) is 5.10 Å². The van der Waals surface area contributed by atoms with Crippen LogP contribution in [0.3, 0.4) is 0 Å². The van der Waals surface area contributed by atoms with E-state index in [0.717, 1.165) is 11.8 Å². The van der Waals surface area contributed by atoms with Gasteiger partial charge in [-0.15, -0.1) is 0 Å². The molecule has 1 aromatic heterocycles. The Balaban J connectivity index is 2.04. The van der Waals surface area contributed by atoms with Crippen LogP contribution < -0.4 is 0 Å². The number of hydrogen-bond donors (Lipinski definition) is 0. The van der Waals surface area contributed by atoms with Crippen LogP contribution in [0.4, 0.5) is 0 Å². The number of hydrogen-bond acceptors (Lipinski definition) is 5. The summed E-state index contributed by atoms with van der Waals surface area (Å²) in [7, 11) is 1.72. The molecule has 0 saturated heterocycles. The van der Waals surface area contributed by atoms with Gasteiger partial charge in [0.1, 0.15) is 6.61 Å². The van der Waals surface area contributed by atoms with Crippen LogP contribution in [0.15, 0.2) is 30.3 Å². The van der Waals surface area contributed by atoms with Gasteiger partial charge < -0.3 is 4.74 Å². The van der Waals surface area contributed by atoms with E-state index in [4.69, 9.17) is 16.3 Å². The molecule has 0 radical (unpaired) electrons. The van der Waals surface area contributed by atoms with E-state index < -0.39 is 5.97 Å². The standard InChI is InChI=1S/C15H15ClN2O3S/c1-10(19)22-9-12-14(16)13(18(2)17-12)8-21-15(20)11-6-4-3-5-7-11/h3-7H,8-9H2,1-2H3. The van der Waals surface area contributed by atoms with E-state index in [1.165, 1.54) is 6.92 Å². The molecule has 0 bridgehead atoms. The molecule has 0 fully saturated rings. The highest BCUT2D eigenvalue weighted by Crippen LogP contribution is 2.25. The fourth-order valence-electron chi connectivity index (χ4n) is 1.80. The zero-order valence-corrected chi connectivity index (χ0v) is 13.8. The van der Waals surface area contributed by atoms with E-state index in [0.29, 0.717) is 27.7 Å². The lowest BCUT2D eigenvalue weighted by atomic mass is 10.2. The van der Waals surface area contributed by atoms with Crippen molar-refractivity contribution in [2.45, 2.75) is 19.3 Å². The fraction of sp³-hybridized carbons (Fsp3) is 0.267. The highest BCUT2D eigenvalue weighted by atomic mass is 35.5. The summed E-state index contributed by atoms with van der Waals surface area (Å²) in [5.41, 5.74) is 1.69. The Morgan fingerprint density at radius 1 is 1.32 bits per heavy atom. The Kier molecular flexibility index (Phi) is 5.63. The SMILES string of the molecule is CC(=O)SCc1nn(C)c(COC(=O)c2ccccc2)c1Cl. The van der Waals surface area contributed by atoms with Gasteiger partial charge in [0.25, 0.3) is 0 Å². The molecule has 22 heavy (non-hydrogen) atoms. The van der Waals surface area contributed by atoms with Gasteiger partial charge in [0, 0.05) is 19.7 Å². The Bertz CT molecular complexity index is 686. The van der Waals surface area contributed by atoms with Gasteiger partial charge in [-0.1, -0.05) is 41.6 Å². The van der Waals surface area contributed by atoms with Crippen LogP contribution in [0.25, 0.3) is 0 Å². The predicted octanol–water partition coefficient (Wildman–Crippen LogP) is 3.21. The first kappa shape index (κ1) is 16.6. The topological polar surface area (TPSA) is 61.2 Å². The van der Waals surface area contributed by atoms with E-state index >= 15 is 0 Å². The van der Waals surface area contributed by atoms with Crippen molar-refractivity contribution in [3.63, 3.8) is 0 Å². The average Bonchev–Trinajstić information content (AvgIpc) is 2.78. The summed E-state index contributed by atoms with van der Waals surface area (Å²) in [6.45, 7) is 1.52. The zero-order valence-electron chi connectivity index (χ0n) is 12.2. The number of thioether (sulfide) groups is 1. The molecule has 2 rings (SSSR count). The third-order valence-corrected chi connectivity index (χ3v) is 4.19. The van der Waals surface area contributed by atoms with Crippen LogP contribution in [0.1, 0.15) is 28.7 Å². The highest BCUT2D eigenvalue weighted by Gasteiger charge is 2.17. The Labute approximate surface area is 137 Å². The summed E-state index contributed by atoms with van der Waals surface area (Å²) in [6.07, 6.45) is 0. The first-order valence-electron chi connectivity index (χ1n) is 6.55. The maximum Gasteiger partial charge on any atom is 0.338 e. The molecule has 116 valence electrons. The van der Waals surface area contributed by atoms with E-state index in [1.54, 1.807) is 36.0 Å². The lowest BCUT2D eigenvalue weighted by Gasteiger charge is -2.05. The number of aromatic nitrogens is 2. The van der Waals surface area contributed by atoms with Gasteiger partial charge in [0.2, 0.25) is 0 Å². The number of benzene rings is 1. The van der Waals surface area contributed by atoms with Crippen molar-refractivity contribution < 1.29 is 14.3 Å². The van der Waals surface area contributed by atoms with Crippen molar-refractivity contribution in [3.05, 3.63) is 52.3 Å². The molecule has 0 aliphatic heterocycles. The van der Waals surface area contributed by atoms with Crippen molar-refractivity contribution in [1.82, 2.24) is 9.78 Å². The van der Waals surface area contributed by atoms with Crippen molar-refractivity contribution >= 4 is 34.4 Å². The van der Waals surface area contributed by atoms with Crippen molar-refractivity contribution in [3.8, 4) is 0 Å². The van der Waals surface area contributed by atoms with Gasteiger partial charge in [0.15, 0.2) is 5.12 Å². The van der Waals surface area contributed by atoms with E-state index in [1.807, 2.05) is 6.07 Å². The molecular weight excluding hydrogens is 324 g/mol. The number of rotatable bonds is 5. The Morgan fingerprint density at radius 2 is 2.00 bits per heavy atom. The Morgan fingerprint density at radius 3 is 2.64 bits per heavy atom. The molecule has 0 atom stereocenters. The summed E-state index contributed by atoms with van der Waals surface area (Å²) in [4.78, 5) is 22.9. The number of esters is 1. The monoisotopic (exact) mass is 338 g/mol. The number of ether oxygens (including phenoxy) is 1. The molecule has 0 saturated carbocycles. The second-order valence-corrected chi connectivity index (χ2v) is 6.08. The van der Waals surface area contributed by atoms with Crippen molar-refractivity contribution in [2.24, 2.45) is 7.05 Å². The normalized spacial score (nSPS) is 10.5. The molecule has 0 spiro atoms. The number of aryl methyl sites for hydroxylation is 1. The number of nitrogens with zero attached hydrogens (tertiary/aromatic N) is 2. The first-order chi connectivity index (χ1) is 10.5. The molecular formula is C15H15ClN2O3S. The maximum absolute atomic E-state index is 11.9. The smallest absolute Gasteiger partial charge is 0.338 e. The van der Waals surface area contributed by atoms with Gasteiger partial charge in [-0.25, -0.2) is 4.79 Å². The fourth-order valence-corrected chi connectivity index (χ4v) is 2.71. The van der Waals surface area contributed by atoms with E-state index in [-0.39, 0.29) is 11.7 Å². The Hall–Kier alpha value is -1.79. The lowest BCUT2D eigenvalue weighted by Crippen LogP contribution is -2.08. The average molecular weight is 339 g/mol. The van der Waals surface area contributed by atoms with Crippen molar-refractivity contribution in [2.75, 3.05) is 0 Å². The van der Waals surface area contributed by atoms with Gasteiger partial charge in [0.05, 0.1) is 22.0 Å².